The van der Waals surface area contributed by atoms with Crippen molar-refractivity contribution in [3.63, 3.8) is 0 Å². The second kappa shape index (κ2) is 5.04. The minimum atomic E-state index is 0.186. The van der Waals surface area contributed by atoms with Crippen LogP contribution in [0.25, 0.3) is 0 Å². The van der Waals surface area contributed by atoms with E-state index in [4.69, 9.17) is 11.5 Å². The third-order valence-corrected chi connectivity index (χ3v) is 2.17. The Labute approximate surface area is 79.4 Å². The van der Waals surface area contributed by atoms with Gasteiger partial charge in [-0.3, -0.25) is 14.8 Å². The van der Waals surface area contributed by atoms with Crippen LogP contribution in [0.3, 0.4) is 0 Å². The quantitative estimate of drug-likeness (QED) is 0.430. The fourth-order valence-electron chi connectivity index (χ4n) is 1.55. The van der Waals surface area contributed by atoms with Gasteiger partial charge in [-0.2, -0.15) is 0 Å². The summed E-state index contributed by atoms with van der Waals surface area (Å²) in [6, 6.07) is 0. The molecule has 0 aromatic rings. The van der Waals surface area contributed by atoms with Crippen molar-refractivity contribution in [3.05, 3.63) is 0 Å². The maximum absolute atomic E-state index is 5.23. The lowest BCUT2D eigenvalue weighted by molar-refractivity contribution is 0.111. The molecule has 0 unspecified atom stereocenters. The molecule has 1 fully saturated rings. The Bertz CT molecular complexity index is 175. The lowest BCUT2D eigenvalue weighted by Crippen LogP contribution is -2.43. The first-order valence-corrected chi connectivity index (χ1v) is 4.65. The summed E-state index contributed by atoms with van der Waals surface area (Å²) in [5.41, 5.74) is 10.5. The summed E-state index contributed by atoms with van der Waals surface area (Å²) in [4.78, 5) is 8.62. The molecule has 0 radical (unpaired) electrons. The maximum Gasteiger partial charge on any atom is 0.185 e. The molecule has 0 bridgehead atoms. The Morgan fingerprint density at radius 3 is 2.77 bits per heavy atom. The van der Waals surface area contributed by atoms with Gasteiger partial charge in [-0.25, -0.2) is 0 Å². The summed E-state index contributed by atoms with van der Waals surface area (Å²) in [6.45, 7) is 5.03. The molecule has 1 saturated heterocycles. The molecule has 0 spiro atoms. The average Bonchev–Trinajstić information content (AvgIpc) is 2.03. The van der Waals surface area contributed by atoms with Gasteiger partial charge in [0.2, 0.25) is 0 Å². The van der Waals surface area contributed by atoms with E-state index in [0.29, 0.717) is 6.54 Å². The van der Waals surface area contributed by atoms with E-state index in [1.54, 1.807) is 0 Å². The van der Waals surface area contributed by atoms with Crippen LogP contribution in [0.15, 0.2) is 4.99 Å². The highest BCUT2D eigenvalue weighted by atomic mass is 15.3. The van der Waals surface area contributed by atoms with Gasteiger partial charge < -0.3 is 11.5 Å². The minimum Gasteiger partial charge on any atom is -0.370 e. The number of hydrogen-bond acceptors (Lipinski definition) is 3. The molecule has 0 amide bonds. The van der Waals surface area contributed by atoms with E-state index in [1.165, 1.54) is 13.0 Å². The van der Waals surface area contributed by atoms with E-state index in [2.05, 4.69) is 21.8 Å². The molecular formula is C8H19N5. The first-order chi connectivity index (χ1) is 6.18. The first-order valence-electron chi connectivity index (χ1n) is 4.65. The molecule has 1 rings (SSSR count). The maximum atomic E-state index is 5.23. The summed E-state index contributed by atoms with van der Waals surface area (Å²) in [7, 11) is 2.13. The zero-order chi connectivity index (χ0) is 9.68. The lowest BCUT2D eigenvalue weighted by atomic mass is 10.3. The van der Waals surface area contributed by atoms with E-state index >= 15 is 0 Å². The molecule has 13 heavy (non-hydrogen) atoms. The SMILES string of the molecule is CN1CCCN(CCN=C(N)N)C1. The zero-order valence-electron chi connectivity index (χ0n) is 8.24. The topological polar surface area (TPSA) is 70.9 Å². The normalized spacial score (nSPS) is 20.1. The van der Waals surface area contributed by atoms with Crippen molar-refractivity contribution >= 4 is 5.96 Å². The molecule has 0 aliphatic carbocycles. The highest BCUT2D eigenvalue weighted by molar-refractivity contribution is 5.75. The van der Waals surface area contributed by atoms with Crippen LogP contribution in [0.5, 0.6) is 0 Å². The van der Waals surface area contributed by atoms with Crippen molar-refractivity contribution in [2.24, 2.45) is 16.5 Å². The zero-order valence-corrected chi connectivity index (χ0v) is 8.24. The van der Waals surface area contributed by atoms with Crippen LogP contribution in [0.1, 0.15) is 6.42 Å². The monoisotopic (exact) mass is 185 g/mol. The fraction of sp³-hybridized carbons (Fsp3) is 0.875. The minimum absolute atomic E-state index is 0.186. The standard InChI is InChI=1S/C8H19N5/c1-12-4-2-5-13(7-12)6-3-11-8(9)10/h2-7H2,1H3,(H4,9,10,11). The molecule has 76 valence electrons. The Morgan fingerprint density at radius 2 is 2.15 bits per heavy atom. The Morgan fingerprint density at radius 1 is 1.38 bits per heavy atom. The summed E-state index contributed by atoms with van der Waals surface area (Å²) < 4.78 is 0. The molecule has 1 aliphatic rings. The molecule has 1 heterocycles. The number of rotatable bonds is 3. The third kappa shape index (κ3) is 4.10. The second-order valence-corrected chi connectivity index (χ2v) is 3.50. The number of aliphatic imine (C=N–C) groups is 1. The first kappa shape index (κ1) is 10.3. The highest BCUT2D eigenvalue weighted by Crippen LogP contribution is 2.02. The molecular weight excluding hydrogens is 166 g/mol. The predicted molar refractivity (Wildman–Crippen MR) is 54.4 cm³/mol. The summed E-state index contributed by atoms with van der Waals surface area (Å²) >= 11 is 0. The third-order valence-electron chi connectivity index (χ3n) is 2.17. The van der Waals surface area contributed by atoms with Gasteiger partial charge in [0.1, 0.15) is 0 Å². The van der Waals surface area contributed by atoms with Gasteiger partial charge in [0.25, 0.3) is 0 Å². The van der Waals surface area contributed by atoms with Crippen molar-refractivity contribution in [1.29, 1.82) is 0 Å². The summed E-state index contributed by atoms with van der Waals surface area (Å²) in [5, 5.41) is 0. The van der Waals surface area contributed by atoms with E-state index in [9.17, 15) is 0 Å². The Hall–Kier alpha value is -0.810. The van der Waals surface area contributed by atoms with Crippen LogP contribution < -0.4 is 11.5 Å². The molecule has 5 nitrogen and oxygen atoms in total. The summed E-state index contributed by atoms with van der Waals surface area (Å²) in [5.74, 6) is 0.186. The van der Waals surface area contributed by atoms with Crippen LogP contribution in [0.4, 0.5) is 0 Å². The van der Waals surface area contributed by atoms with Crippen LogP contribution >= 0.6 is 0 Å². The Balaban J connectivity index is 2.17. The second-order valence-electron chi connectivity index (χ2n) is 3.50. The van der Waals surface area contributed by atoms with Crippen LogP contribution in [-0.4, -0.2) is 55.7 Å². The fourth-order valence-corrected chi connectivity index (χ4v) is 1.55. The van der Waals surface area contributed by atoms with Crippen molar-refractivity contribution in [3.8, 4) is 0 Å². The molecule has 1 aliphatic heterocycles. The molecule has 0 atom stereocenters. The van der Waals surface area contributed by atoms with Gasteiger partial charge in [-0.15, -0.1) is 0 Å². The van der Waals surface area contributed by atoms with Crippen LogP contribution in [0, 0.1) is 0 Å². The molecule has 0 saturated carbocycles. The van der Waals surface area contributed by atoms with Gasteiger partial charge in [0.05, 0.1) is 13.2 Å². The molecule has 0 aromatic carbocycles. The molecule has 0 aromatic heterocycles. The van der Waals surface area contributed by atoms with Crippen molar-refractivity contribution in [1.82, 2.24) is 9.80 Å². The van der Waals surface area contributed by atoms with Gasteiger partial charge in [-0.1, -0.05) is 0 Å². The van der Waals surface area contributed by atoms with Crippen molar-refractivity contribution in [2.75, 3.05) is 39.9 Å². The number of guanidine groups is 1. The smallest absolute Gasteiger partial charge is 0.185 e. The largest absolute Gasteiger partial charge is 0.370 e. The predicted octanol–water partition coefficient (Wildman–Crippen LogP) is -1.15. The average molecular weight is 185 g/mol. The molecule has 5 heteroatoms. The summed E-state index contributed by atoms with van der Waals surface area (Å²) in [6.07, 6.45) is 1.23. The number of nitrogens with zero attached hydrogens (tertiary/aromatic N) is 3. The van der Waals surface area contributed by atoms with Crippen LogP contribution in [0.2, 0.25) is 0 Å². The van der Waals surface area contributed by atoms with E-state index in [-0.39, 0.29) is 5.96 Å². The lowest BCUT2D eigenvalue weighted by Gasteiger charge is -2.32. The van der Waals surface area contributed by atoms with E-state index in [0.717, 1.165) is 19.8 Å². The van der Waals surface area contributed by atoms with Crippen molar-refractivity contribution < 1.29 is 0 Å². The van der Waals surface area contributed by atoms with Gasteiger partial charge in [-0.05, 0) is 13.5 Å². The van der Waals surface area contributed by atoms with E-state index in [1.807, 2.05) is 0 Å². The van der Waals surface area contributed by atoms with Crippen molar-refractivity contribution in [2.45, 2.75) is 6.42 Å². The van der Waals surface area contributed by atoms with Gasteiger partial charge in [0.15, 0.2) is 5.96 Å². The Kier molecular flexibility index (Phi) is 3.98. The number of hydrogen-bond donors (Lipinski definition) is 2. The van der Waals surface area contributed by atoms with E-state index < -0.39 is 0 Å². The highest BCUT2D eigenvalue weighted by Gasteiger charge is 2.12. The van der Waals surface area contributed by atoms with Crippen LogP contribution in [-0.2, 0) is 0 Å². The van der Waals surface area contributed by atoms with Gasteiger partial charge >= 0.3 is 0 Å². The number of nitrogens with two attached hydrogens (primary N) is 2. The van der Waals surface area contributed by atoms with Gasteiger partial charge in [0, 0.05) is 19.6 Å². The molecule has 4 N–H and O–H groups in total.